The number of halogens is 1. The number of Topliss-reactive ketones (excluding diaryl/α,β-unsaturated/α-hetero) is 1. The Labute approximate surface area is 190 Å². The summed E-state index contributed by atoms with van der Waals surface area (Å²) in [5, 5.41) is 11.4. The Bertz CT molecular complexity index is 1250. The quantitative estimate of drug-likeness (QED) is 0.518. The van der Waals surface area contributed by atoms with Gasteiger partial charge < -0.3 is 24.1 Å². The van der Waals surface area contributed by atoms with Crippen molar-refractivity contribution in [1.29, 1.82) is 0 Å². The lowest BCUT2D eigenvalue weighted by Gasteiger charge is -2.27. The molecule has 7 nitrogen and oxygen atoms in total. The number of benzene rings is 2. The molecule has 0 spiro atoms. The summed E-state index contributed by atoms with van der Waals surface area (Å²) in [6.07, 6.45) is 0.612. The van der Waals surface area contributed by atoms with E-state index in [0.717, 1.165) is 0 Å². The first-order chi connectivity index (χ1) is 15.8. The normalized spacial score (nSPS) is 16.3. The maximum absolute atomic E-state index is 14.1. The first kappa shape index (κ1) is 22.5. The van der Waals surface area contributed by atoms with Crippen LogP contribution >= 0.6 is 0 Å². The van der Waals surface area contributed by atoms with Crippen molar-refractivity contribution in [2.45, 2.75) is 12.5 Å². The largest absolute Gasteiger partial charge is 0.503 e. The molecule has 4 rings (SSSR count). The van der Waals surface area contributed by atoms with Crippen molar-refractivity contribution in [3.63, 3.8) is 0 Å². The molecule has 0 unspecified atom stereocenters. The Kier molecular flexibility index (Phi) is 6.20. The second kappa shape index (κ2) is 9.07. The van der Waals surface area contributed by atoms with E-state index >= 15 is 0 Å². The summed E-state index contributed by atoms with van der Waals surface area (Å²) in [5.41, 5.74) is 0.653. The third-order valence-electron chi connectivity index (χ3n) is 5.67. The van der Waals surface area contributed by atoms with Crippen LogP contribution in [0.1, 0.15) is 28.6 Å². The van der Waals surface area contributed by atoms with E-state index in [9.17, 15) is 19.1 Å². The van der Waals surface area contributed by atoms with Crippen LogP contribution in [0.5, 0.6) is 5.75 Å². The van der Waals surface area contributed by atoms with Gasteiger partial charge in [0.25, 0.3) is 5.91 Å². The number of aliphatic hydroxyl groups excluding tert-OH is 1. The average Bonchev–Trinajstić information content (AvgIpc) is 3.33. The third kappa shape index (κ3) is 4.21. The molecule has 0 bridgehead atoms. The summed E-state index contributed by atoms with van der Waals surface area (Å²) in [7, 11) is 5.32. The Balaban J connectivity index is 1.77. The van der Waals surface area contributed by atoms with Crippen molar-refractivity contribution in [3.05, 3.63) is 77.0 Å². The average molecular weight is 452 g/mol. The molecular weight excluding hydrogens is 427 g/mol. The van der Waals surface area contributed by atoms with E-state index in [1.165, 1.54) is 30.2 Å². The number of rotatable bonds is 8. The van der Waals surface area contributed by atoms with Crippen molar-refractivity contribution in [3.8, 4) is 5.75 Å². The number of para-hydroxylation sites is 1. The number of ketones is 1. The SMILES string of the molecule is COc1cccc2cc(C(=O)C3=C(O)C(=O)N(CCCN(C)C)[C@@H]3c3cccc(F)c3)oc12. The van der Waals surface area contributed by atoms with Crippen LogP contribution in [0.25, 0.3) is 11.0 Å². The van der Waals surface area contributed by atoms with Gasteiger partial charge in [0.1, 0.15) is 5.82 Å². The van der Waals surface area contributed by atoms with Crippen LogP contribution in [0, 0.1) is 5.82 Å². The van der Waals surface area contributed by atoms with Crippen molar-refractivity contribution < 1.29 is 28.2 Å². The predicted molar refractivity (Wildman–Crippen MR) is 121 cm³/mol. The van der Waals surface area contributed by atoms with Gasteiger partial charge >= 0.3 is 0 Å². The summed E-state index contributed by atoms with van der Waals surface area (Å²) in [5.74, 6) is -2.03. The van der Waals surface area contributed by atoms with Crippen molar-refractivity contribution in [2.24, 2.45) is 0 Å². The molecule has 3 aromatic rings. The summed E-state index contributed by atoms with van der Waals surface area (Å²) in [4.78, 5) is 29.9. The number of nitrogens with zero attached hydrogens (tertiary/aromatic N) is 2. The lowest BCUT2D eigenvalue weighted by atomic mass is 9.95. The highest BCUT2D eigenvalue weighted by atomic mass is 19.1. The Morgan fingerprint density at radius 3 is 2.67 bits per heavy atom. The molecule has 0 fully saturated rings. The molecule has 1 amide bonds. The summed E-state index contributed by atoms with van der Waals surface area (Å²) < 4.78 is 25.1. The molecule has 1 aromatic heterocycles. The minimum atomic E-state index is -0.932. The predicted octanol–water partition coefficient (Wildman–Crippen LogP) is 4.11. The van der Waals surface area contributed by atoms with Gasteiger partial charge in [-0.1, -0.05) is 24.3 Å². The van der Waals surface area contributed by atoms with E-state index in [4.69, 9.17) is 9.15 Å². The fraction of sp³-hybridized carbons (Fsp3) is 0.280. The molecule has 1 atom stereocenters. The van der Waals surface area contributed by atoms with Crippen LogP contribution < -0.4 is 4.74 Å². The zero-order valence-corrected chi connectivity index (χ0v) is 18.7. The first-order valence-corrected chi connectivity index (χ1v) is 10.6. The minimum Gasteiger partial charge on any atom is -0.503 e. The second-order valence-corrected chi connectivity index (χ2v) is 8.19. The molecule has 1 aliphatic rings. The van der Waals surface area contributed by atoms with Gasteiger partial charge in [0.15, 0.2) is 22.9 Å². The molecular formula is C25H25FN2O5. The Hall–Kier alpha value is -3.65. The highest BCUT2D eigenvalue weighted by molar-refractivity contribution is 6.16. The number of carbonyl (C=O) groups excluding carboxylic acids is 2. The number of ether oxygens (including phenoxy) is 1. The van der Waals surface area contributed by atoms with E-state index < -0.39 is 29.3 Å². The monoisotopic (exact) mass is 452 g/mol. The highest BCUT2D eigenvalue weighted by Crippen LogP contribution is 2.40. The van der Waals surface area contributed by atoms with Gasteiger partial charge in [0.05, 0.1) is 18.7 Å². The number of furan rings is 1. The molecule has 0 saturated heterocycles. The number of carbonyl (C=O) groups is 2. The van der Waals surface area contributed by atoms with Gasteiger partial charge in [-0.15, -0.1) is 0 Å². The second-order valence-electron chi connectivity index (χ2n) is 8.19. The van der Waals surface area contributed by atoms with Crippen LogP contribution in [-0.4, -0.2) is 60.9 Å². The van der Waals surface area contributed by atoms with Crippen molar-refractivity contribution in [1.82, 2.24) is 9.80 Å². The van der Waals surface area contributed by atoms with Crippen LogP contribution in [-0.2, 0) is 4.79 Å². The number of amides is 1. The molecule has 33 heavy (non-hydrogen) atoms. The summed E-state index contributed by atoms with van der Waals surface area (Å²) in [6, 6.07) is 11.5. The summed E-state index contributed by atoms with van der Waals surface area (Å²) in [6.45, 7) is 0.986. The topological polar surface area (TPSA) is 83.2 Å². The smallest absolute Gasteiger partial charge is 0.290 e. The van der Waals surface area contributed by atoms with E-state index in [-0.39, 0.29) is 17.9 Å². The number of hydrogen-bond donors (Lipinski definition) is 1. The van der Waals surface area contributed by atoms with Crippen LogP contribution in [0.2, 0.25) is 0 Å². The molecule has 8 heteroatoms. The van der Waals surface area contributed by atoms with Gasteiger partial charge in [-0.3, -0.25) is 9.59 Å². The molecule has 172 valence electrons. The minimum absolute atomic E-state index is 0.0413. The fourth-order valence-corrected chi connectivity index (χ4v) is 4.14. The summed E-state index contributed by atoms with van der Waals surface area (Å²) >= 11 is 0. The zero-order valence-electron chi connectivity index (χ0n) is 18.7. The van der Waals surface area contributed by atoms with Crippen molar-refractivity contribution in [2.75, 3.05) is 34.3 Å². The molecule has 0 aliphatic carbocycles. The molecule has 0 radical (unpaired) electrons. The number of hydrogen-bond acceptors (Lipinski definition) is 6. The molecule has 1 N–H and O–H groups in total. The fourth-order valence-electron chi connectivity index (χ4n) is 4.14. The Morgan fingerprint density at radius 2 is 1.97 bits per heavy atom. The zero-order chi connectivity index (χ0) is 23.7. The molecule has 1 aliphatic heterocycles. The van der Waals surface area contributed by atoms with Gasteiger partial charge in [-0.05, 0) is 56.9 Å². The highest BCUT2D eigenvalue weighted by Gasteiger charge is 2.44. The molecule has 0 saturated carbocycles. The van der Waals surface area contributed by atoms with E-state index in [1.54, 1.807) is 30.3 Å². The number of methoxy groups -OCH3 is 1. The number of aliphatic hydroxyl groups is 1. The third-order valence-corrected chi connectivity index (χ3v) is 5.67. The van der Waals surface area contributed by atoms with Crippen molar-refractivity contribution >= 4 is 22.7 Å². The van der Waals surface area contributed by atoms with Gasteiger partial charge in [-0.2, -0.15) is 0 Å². The van der Waals surface area contributed by atoms with Gasteiger partial charge in [0, 0.05) is 11.9 Å². The number of fused-ring (bicyclic) bond motifs is 1. The van der Waals surface area contributed by atoms with Gasteiger partial charge in [0.2, 0.25) is 5.78 Å². The van der Waals surface area contributed by atoms with Crippen LogP contribution in [0.15, 0.2) is 64.3 Å². The lowest BCUT2D eigenvalue weighted by Crippen LogP contribution is -2.33. The van der Waals surface area contributed by atoms with Gasteiger partial charge in [-0.25, -0.2) is 4.39 Å². The standard InChI is InChI=1S/C25H25FN2O5/c1-27(2)11-6-12-28-21(15-7-4-9-17(26)13-15)20(23(30)25(28)31)22(29)19-14-16-8-5-10-18(32-3)24(16)33-19/h4-5,7-10,13-14,21,30H,6,11-12H2,1-3H3/t21-/m1/s1. The van der Waals surface area contributed by atoms with E-state index in [1.807, 2.05) is 19.0 Å². The maximum atomic E-state index is 14.1. The maximum Gasteiger partial charge on any atom is 0.290 e. The van der Waals surface area contributed by atoms with Crippen LogP contribution in [0.4, 0.5) is 4.39 Å². The van der Waals surface area contributed by atoms with E-state index in [0.29, 0.717) is 35.2 Å². The lowest BCUT2D eigenvalue weighted by molar-refractivity contribution is -0.129. The molecule has 2 aromatic carbocycles. The van der Waals surface area contributed by atoms with E-state index in [2.05, 4.69) is 0 Å². The first-order valence-electron chi connectivity index (χ1n) is 10.6. The van der Waals surface area contributed by atoms with Crippen LogP contribution in [0.3, 0.4) is 0 Å². The Morgan fingerprint density at radius 1 is 1.21 bits per heavy atom. The molecule has 2 heterocycles.